The minimum absolute atomic E-state index is 0.302. The maximum absolute atomic E-state index is 13.3. The minimum Gasteiger partial charge on any atom is -0.336 e. The van der Waals surface area contributed by atoms with Gasteiger partial charge in [0.25, 0.3) is 0 Å². The van der Waals surface area contributed by atoms with Gasteiger partial charge in [-0.1, -0.05) is 6.42 Å². The van der Waals surface area contributed by atoms with Crippen molar-refractivity contribution in [2.45, 2.75) is 45.2 Å². The predicted octanol–water partition coefficient (Wildman–Crippen LogP) is 2.23. The molecule has 3 heterocycles. The normalized spacial score (nSPS) is 19.3. The number of anilines is 1. The molecular formula is C15H22FN5. The van der Waals surface area contributed by atoms with Crippen LogP contribution in [-0.4, -0.2) is 39.8 Å². The molecule has 1 fully saturated rings. The van der Waals surface area contributed by atoms with Crippen molar-refractivity contribution in [3.8, 4) is 0 Å². The fourth-order valence-electron chi connectivity index (χ4n) is 2.81. The van der Waals surface area contributed by atoms with Gasteiger partial charge in [0.15, 0.2) is 5.65 Å². The van der Waals surface area contributed by atoms with E-state index in [-0.39, 0.29) is 5.82 Å². The Morgan fingerprint density at radius 2 is 2.29 bits per heavy atom. The van der Waals surface area contributed by atoms with E-state index in [0.29, 0.717) is 23.7 Å². The predicted molar refractivity (Wildman–Crippen MR) is 81.1 cm³/mol. The summed E-state index contributed by atoms with van der Waals surface area (Å²) in [5, 5.41) is 7.98. The number of hydrogen-bond donors (Lipinski definition) is 1. The van der Waals surface area contributed by atoms with Crippen LogP contribution in [0.15, 0.2) is 18.3 Å². The Balaban J connectivity index is 1.84. The van der Waals surface area contributed by atoms with Gasteiger partial charge in [-0.3, -0.25) is 0 Å². The van der Waals surface area contributed by atoms with Crippen LogP contribution >= 0.6 is 0 Å². The number of rotatable bonds is 4. The topological polar surface area (TPSA) is 45.5 Å². The highest BCUT2D eigenvalue weighted by molar-refractivity contribution is 5.45. The maximum atomic E-state index is 13.3. The molecule has 1 saturated heterocycles. The Morgan fingerprint density at radius 3 is 3.00 bits per heavy atom. The molecule has 5 nitrogen and oxygen atoms in total. The highest BCUT2D eigenvalue weighted by Gasteiger charge is 2.22. The molecule has 6 heteroatoms. The number of hydrogen-bond acceptors (Lipinski definition) is 4. The van der Waals surface area contributed by atoms with E-state index in [4.69, 9.17) is 0 Å². The van der Waals surface area contributed by atoms with Crippen LogP contribution in [0.25, 0.3) is 5.65 Å². The van der Waals surface area contributed by atoms with Gasteiger partial charge in [-0.05, 0) is 45.4 Å². The molecular weight excluding hydrogens is 269 g/mol. The molecule has 0 aromatic carbocycles. The number of halogens is 1. The molecule has 3 rings (SSSR count). The lowest BCUT2D eigenvalue weighted by molar-refractivity contribution is 0.391. The van der Waals surface area contributed by atoms with Crippen molar-refractivity contribution < 1.29 is 4.39 Å². The van der Waals surface area contributed by atoms with E-state index in [9.17, 15) is 4.39 Å². The molecule has 0 bridgehead atoms. The number of pyridine rings is 1. The van der Waals surface area contributed by atoms with Gasteiger partial charge < -0.3 is 10.2 Å². The van der Waals surface area contributed by atoms with Gasteiger partial charge in [-0.2, -0.15) is 4.98 Å². The van der Waals surface area contributed by atoms with Crippen LogP contribution in [0, 0.1) is 5.82 Å². The van der Waals surface area contributed by atoms with Gasteiger partial charge in [0.1, 0.15) is 5.82 Å². The van der Waals surface area contributed by atoms with E-state index in [1.165, 1.54) is 36.0 Å². The van der Waals surface area contributed by atoms with Crippen molar-refractivity contribution >= 4 is 11.6 Å². The third-order valence-corrected chi connectivity index (χ3v) is 3.99. The third-order valence-electron chi connectivity index (χ3n) is 3.99. The van der Waals surface area contributed by atoms with Gasteiger partial charge >= 0.3 is 0 Å². The van der Waals surface area contributed by atoms with Gasteiger partial charge in [0, 0.05) is 18.6 Å². The summed E-state index contributed by atoms with van der Waals surface area (Å²) < 4.78 is 14.8. The van der Waals surface area contributed by atoms with E-state index >= 15 is 0 Å². The van der Waals surface area contributed by atoms with E-state index < -0.39 is 0 Å². The van der Waals surface area contributed by atoms with Crippen molar-refractivity contribution in [3.63, 3.8) is 0 Å². The van der Waals surface area contributed by atoms with Gasteiger partial charge in [-0.25, -0.2) is 8.91 Å². The SMILES string of the molecule is CC(C)N(CC1CCCCN1)c1nc2ccc(F)cn2n1. The standard InChI is InChI=1S/C15H22FN5/c1-11(2)20(10-13-5-3-4-8-17-13)15-18-14-7-6-12(16)9-21(14)19-15/h6-7,9,11,13,17H,3-5,8,10H2,1-2H3. The van der Waals surface area contributed by atoms with E-state index in [2.05, 4.69) is 34.1 Å². The van der Waals surface area contributed by atoms with Gasteiger partial charge in [0.2, 0.25) is 5.95 Å². The first kappa shape index (κ1) is 14.3. The monoisotopic (exact) mass is 291 g/mol. The molecule has 0 spiro atoms. The smallest absolute Gasteiger partial charge is 0.245 e. The number of fused-ring (bicyclic) bond motifs is 1. The minimum atomic E-state index is -0.302. The van der Waals surface area contributed by atoms with E-state index in [1.807, 2.05) is 0 Å². The highest BCUT2D eigenvalue weighted by Crippen LogP contribution is 2.17. The Hall–Kier alpha value is -1.69. The summed E-state index contributed by atoms with van der Waals surface area (Å²) >= 11 is 0. The Bertz CT molecular complexity index is 603. The molecule has 114 valence electrons. The van der Waals surface area contributed by atoms with Crippen LogP contribution in [0.4, 0.5) is 10.3 Å². The molecule has 0 aliphatic carbocycles. The summed E-state index contributed by atoms with van der Waals surface area (Å²) in [6.07, 6.45) is 5.08. The van der Waals surface area contributed by atoms with E-state index in [0.717, 1.165) is 13.1 Å². The summed E-state index contributed by atoms with van der Waals surface area (Å²) in [6.45, 7) is 6.24. The molecule has 1 unspecified atom stereocenters. The second kappa shape index (κ2) is 5.97. The molecule has 0 amide bonds. The second-order valence-corrected chi connectivity index (χ2v) is 5.95. The molecule has 2 aromatic rings. The molecule has 1 atom stereocenters. The number of piperidine rings is 1. The van der Waals surface area contributed by atoms with Crippen LogP contribution < -0.4 is 10.2 Å². The molecule has 0 radical (unpaired) electrons. The molecule has 21 heavy (non-hydrogen) atoms. The largest absolute Gasteiger partial charge is 0.336 e. The summed E-state index contributed by atoms with van der Waals surface area (Å²) in [4.78, 5) is 6.71. The summed E-state index contributed by atoms with van der Waals surface area (Å²) in [6, 6.07) is 3.85. The second-order valence-electron chi connectivity index (χ2n) is 5.95. The zero-order chi connectivity index (χ0) is 14.8. The number of nitrogens with one attached hydrogen (secondary N) is 1. The average molecular weight is 291 g/mol. The molecule has 1 N–H and O–H groups in total. The van der Waals surface area contributed by atoms with Crippen molar-refractivity contribution in [1.82, 2.24) is 19.9 Å². The summed E-state index contributed by atoms with van der Waals surface area (Å²) in [7, 11) is 0. The van der Waals surface area contributed by atoms with Crippen LogP contribution in [-0.2, 0) is 0 Å². The van der Waals surface area contributed by atoms with Crippen LogP contribution in [0.5, 0.6) is 0 Å². The van der Waals surface area contributed by atoms with Crippen molar-refractivity contribution in [2.75, 3.05) is 18.0 Å². The fraction of sp³-hybridized carbons (Fsp3) is 0.600. The Morgan fingerprint density at radius 1 is 1.43 bits per heavy atom. The zero-order valence-electron chi connectivity index (χ0n) is 12.6. The quantitative estimate of drug-likeness (QED) is 0.938. The summed E-state index contributed by atoms with van der Waals surface area (Å²) in [5.74, 6) is 0.368. The molecule has 1 aliphatic rings. The first-order valence-corrected chi connectivity index (χ1v) is 7.65. The number of aromatic nitrogens is 3. The van der Waals surface area contributed by atoms with Crippen LogP contribution in [0.3, 0.4) is 0 Å². The maximum Gasteiger partial charge on any atom is 0.245 e. The Kier molecular flexibility index (Phi) is 4.05. The molecule has 0 saturated carbocycles. The van der Waals surface area contributed by atoms with Gasteiger partial charge in [-0.15, -0.1) is 5.10 Å². The van der Waals surface area contributed by atoms with Crippen molar-refractivity contribution in [2.24, 2.45) is 0 Å². The van der Waals surface area contributed by atoms with Gasteiger partial charge in [0.05, 0.1) is 6.20 Å². The first-order chi connectivity index (χ1) is 10.1. The fourth-order valence-corrected chi connectivity index (χ4v) is 2.81. The van der Waals surface area contributed by atoms with Crippen molar-refractivity contribution in [3.05, 3.63) is 24.1 Å². The Labute approximate surface area is 124 Å². The van der Waals surface area contributed by atoms with Crippen LogP contribution in [0.1, 0.15) is 33.1 Å². The average Bonchev–Trinajstić information content (AvgIpc) is 2.88. The molecule has 2 aromatic heterocycles. The third kappa shape index (κ3) is 3.15. The highest BCUT2D eigenvalue weighted by atomic mass is 19.1. The lowest BCUT2D eigenvalue weighted by Crippen LogP contribution is -2.46. The molecule has 1 aliphatic heterocycles. The summed E-state index contributed by atoms with van der Waals surface area (Å²) in [5.41, 5.74) is 0.675. The van der Waals surface area contributed by atoms with Crippen LogP contribution in [0.2, 0.25) is 0 Å². The first-order valence-electron chi connectivity index (χ1n) is 7.65. The van der Waals surface area contributed by atoms with Crippen molar-refractivity contribution in [1.29, 1.82) is 0 Å². The zero-order valence-corrected chi connectivity index (χ0v) is 12.6. The lowest BCUT2D eigenvalue weighted by Gasteiger charge is -2.32. The lowest BCUT2D eigenvalue weighted by atomic mass is 10.0. The number of nitrogens with zero attached hydrogens (tertiary/aromatic N) is 4. The van der Waals surface area contributed by atoms with E-state index in [1.54, 1.807) is 6.07 Å².